The van der Waals surface area contributed by atoms with E-state index in [4.69, 9.17) is 0 Å². The third-order valence-corrected chi connectivity index (χ3v) is 3.87. The van der Waals surface area contributed by atoms with Crippen LogP contribution in [0.1, 0.15) is 17.0 Å². The van der Waals surface area contributed by atoms with E-state index < -0.39 is 0 Å². The largest absolute Gasteiger partial charge is 0.365 e. The van der Waals surface area contributed by atoms with Crippen molar-refractivity contribution in [2.45, 2.75) is 20.4 Å². The molecule has 4 aromatic heterocycles. The molecular weight excluding hydrogens is 328 g/mol. The van der Waals surface area contributed by atoms with E-state index in [1.807, 2.05) is 44.3 Å². The maximum absolute atomic E-state index is 4.60. The second-order valence-corrected chi connectivity index (χ2v) is 5.93. The van der Waals surface area contributed by atoms with Crippen LogP contribution in [0.25, 0.3) is 11.6 Å². The van der Waals surface area contributed by atoms with Gasteiger partial charge in [0, 0.05) is 30.8 Å². The highest BCUT2D eigenvalue weighted by atomic mass is 15.3. The molecule has 0 aliphatic rings. The number of aromatic nitrogens is 7. The first-order chi connectivity index (χ1) is 12.7. The molecule has 0 saturated carbocycles. The lowest BCUT2D eigenvalue weighted by molar-refractivity contribution is 0.799. The summed E-state index contributed by atoms with van der Waals surface area (Å²) in [6.07, 6.45) is 8.76. The number of hydrogen-bond donors (Lipinski definition) is 1. The van der Waals surface area contributed by atoms with Crippen molar-refractivity contribution in [1.29, 1.82) is 0 Å². The highest BCUT2D eigenvalue weighted by molar-refractivity contribution is 5.38. The van der Waals surface area contributed by atoms with Crippen molar-refractivity contribution < 1.29 is 0 Å². The summed E-state index contributed by atoms with van der Waals surface area (Å²) in [6.45, 7) is 4.56. The normalized spacial score (nSPS) is 10.8. The quantitative estimate of drug-likeness (QED) is 0.597. The van der Waals surface area contributed by atoms with Gasteiger partial charge in [0.25, 0.3) is 0 Å². The Bertz CT molecular complexity index is 1020. The minimum Gasteiger partial charge on any atom is -0.365 e. The molecule has 4 aromatic rings. The van der Waals surface area contributed by atoms with Crippen molar-refractivity contribution in [3.05, 3.63) is 72.2 Å². The van der Waals surface area contributed by atoms with E-state index in [-0.39, 0.29) is 0 Å². The Labute approximate surface area is 150 Å². The van der Waals surface area contributed by atoms with Crippen LogP contribution in [0.15, 0.2) is 55.2 Å². The van der Waals surface area contributed by atoms with Crippen LogP contribution in [0.3, 0.4) is 0 Å². The highest BCUT2D eigenvalue weighted by Gasteiger charge is 2.07. The van der Waals surface area contributed by atoms with Crippen molar-refractivity contribution in [2.75, 3.05) is 5.32 Å². The number of pyridine rings is 1. The fourth-order valence-electron chi connectivity index (χ4n) is 2.70. The maximum Gasteiger partial charge on any atom is 0.174 e. The van der Waals surface area contributed by atoms with Crippen molar-refractivity contribution in [1.82, 2.24) is 34.5 Å². The Morgan fingerprint density at radius 3 is 2.77 bits per heavy atom. The second-order valence-electron chi connectivity index (χ2n) is 5.93. The third-order valence-electron chi connectivity index (χ3n) is 3.87. The summed E-state index contributed by atoms with van der Waals surface area (Å²) in [6, 6.07) is 7.82. The number of nitrogens with one attached hydrogen (secondary N) is 1. The molecule has 8 heteroatoms. The molecule has 0 atom stereocenters. The molecule has 0 radical (unpaired) electrons. The Kier molecular flexibility index (Phi) is 4.14. The average molecular weight is 346 g/mol. The molecule has 4 rings (SSSR count). The first kappa shape index (κ1) is 15.9. The van der Waals surface area contributed by atoms with Crippen LogP contribution in [0.5, 0.6) is 0 Å². The van der Waals surface area contributed by atoms with Crippen LogP contribution in [0.4, 0.5) is 5.82 Å². The van der Waals surface area contributed by atoms with Gasteiger partial charge in [0.05, 0.1) is 18.1 Å². The molecule has 8 nitrogen and oxygen atoms in total. The Morgan fingerprint density at radius 2 is 2.00 bits per heavy atom. The van der Waals surface area contributed by atoms with Gasteiger partial charge < -0.3 is 5.32 Å². The summed E-state index contributed by atoms with van der Waals surface area (Å²) < 4.78 is 3.52. The lowest BCUT2D eigenvalue weighted by Crippen LogP contribution is -2.08. The van der Waals surface area contributed by atoms with E-state index in [9.17, 15) is 0 Å². The number of aryl methyl sites for hydroxylation is 2. The van der Waals surface area contributed by atoms with Crippen LogP contribution in [0.2, 0.25) is 0 Å². The van der Waals surface area contributed by atoms with E-state index in [0.29, 0.717) is 18.2 Å². The predicted octanol–water partition coefficient (Wildman–Crippen LogP) is 2.47. The molecule has 0 bridgehead atoms. The van der Waals surface area contributed by atoms with Crippen molar-refractivity contribution >= 4 is 5.82 Å². The SMILES string of the molecule is Cc1cc(C)n(-c2cncc(NCc3ccnc(-n4cccn4)c3)n2)n1. The predicted molar refractivity (Wildman–Crippen MR) is 97.3 cm³/mol. The summed E-state index contributed by atoms with van der Waals surface area (Å²) in [5, 5.41) is 11.9. The first-order valence-corrected chi connectivity index (χ1v) is 8.23. The number of rotatable bonds is 5. The Hall–Kier alpha value is -3.55. The van der Waals surface area contributed by atoms with Gasteiger partial charge in [-0.3, -0.25) is 4.98 Å². The molecule has 1 N–H and O–H groups in total. The first-order valence-electron chi connectivity index (χ1n) is 8.23. The molecule has 0 unspecified atom stereocenters. The zero-order valence-corrected chi connectivity index (χ0v) is 14.5. The molecular formula is C18H18N8. The summed E-state index contributed by atoms with van der Waals surface area (Å²) in [7, 11) is 0. The summed E-state index contributed by atoms with van der Waals surface area (Å²) >= 11 is 0. The molecule has 0 amide bonds. The summed E-state index contributed by atoms with van der Waals surface area (Å²) in [5.41, 5.74) is 3.04. The van der Waals surface area contributed by atoms with Crippen LogP contribution in [-0.4, -0.2) is 34.5 Å². The van der Waals surface area contributed by atoms with Crippen molar-refractivity contribution in [3.8, 4) is 11.6 Å². The van der Waals surface area contributed by atoms with Gasteiger partial charge in [-0.05, 0) is 43.7 Å². The monoisotopic (exact) mass is 346 g/mol. The maximum atomic E-state index is 4.60. The van der Waals surface area contributed by atoms with Gasteiger partial charge >= 0.3 is 0 Å². The van der Waals surface area contributed by atoms with E-state index in [2.05, 4.69) is 30.5 Å². The number of nitrogens with zero attached hydrogens (tertiary/aromatic N) is 7. The zero-order valence-electron chi connectivity index (χ0n) is 14.5. The van der Waals surface area contributed by atoms with Crippen LogP contribution < -0.4 is 5.32 Å². The zero-order chi connectivity index (χ0) is 17.9. The minimum absolute atomic E-state index is 0.603. The second kappa shape index (κ2) is 6.75. The Morgan fingerprint density at radius 1 is 1.08 bits per heavy atom. The van der Waals surface area contributed by atoms with Gasteiger partial charge in [0.2, 0.25) is 0 Å². The summed E-state index contributed by atoms with van der Waals surface area (Å²) in [4.78, 5) is 13.2. The molecule has 0 aromatic carbocycles. The van der Waals surface area contributed by atoms with E-state index >= 15 is 0 Å². The fraction of sp³-hybridized carbons (Fsp3) is 0.167. The lowest BCUT2D eigenvalue weighted by atomic mass is 10.2. The van der Waals surface area contributed by atoms with E-state index in [0.717, 1.165) is 22.8 Å². The molecule has 4 heterocycles. The van der Waals surface area contributed by atoms with Crippen molar-refractivity contribution in [3.63, 3.8) is 0 Å². The van der Waals surface area contributed by atoms with Gasteiger partial charge in [-0.15, -0.1) is 0 Å². The van der Waals surface area contributed by atoms with Crippen LogP contribution >= 0.6 is 0 Å². The molecule has 0 aliphatic carbocycles. The number of hydrogen-bond acceptors (Lipinski definition) is 6. The molecule has 26 heavy (non-hydrogen) atoms. The van der Waals surface area contributed by atoms with Crippen LogP contribution in [0, 0.1) is 13.8 Å². The fourth-order valence-corrected chi connectivity index (χ4v) is 2.70. The molecule has 0 aliphatic heterocycles. The highest BCUT2D eigenvalue weighted by Crippen LogP contribution is 2.13. The van der Waals surface area contributed by atoms with Crippen LogP contribution in [-0.2, 0) is 6.54 Å². The smallest absolute Gasteiger partial charge is 0.174 e. The molecule has 0 saturated heterocycles. The average Bonchev–Trinajstić information content (AvgIpc) is 3.30. The van der Waals surface area contributed by atoms with Gasteiger partial charge in [0.1, 0.15) is 5.82 Å². The third kappa shape index (κ3) is 3.30. The van der Waals surface area contributed by atoms with Gasteiger partial charge in [0.15, 0.2) is 11.6 Å². The standard InChI is InChI=1S/C18H18N8/c1-13-8-14(2)26(24-13)18-12-19-11-16(23-18)21-10-15-4-6-20-17(9-15)25-7-3-5-22-25/h3-9,11-12H,10H2,1-2H3,(H,21,23). The molecule has 130 valence electrons. The van der Waals surface area contributed by atoms with Gasteiger partial charge in [-0.25, -0.2) is 19.3 Å². The van der Waals surface area contributed by atoms with Gasteiger partial charge in [-0.1, -0.05) is 0 Å². The Balaban J connectivity index is 1.51. The van der Waals surface area contributed by atoms with E-state index in [1.54, 1.807) is 34.2 Å². The topological polar surface area (TPSA) is 86.3 Å². The lowest BCUT2D eigenvalue weighted by Gasteiger charge is -2.09. The molecule has 0 fully saturated rings. The minimum atomic E-state index is 0.603. The summed E-state index contributed by atoms with van der Waals surface area (Å²) in [5.74, 6) is 2.15. The van der Waals surface area contributed by atoms with Gasteiger partial charge in [-0.2, -0.15) is 10.2 Å². The van der Waals surface area contributed by atoms with Crippen molar-refractivity contribution in [2.24, 2.45) is 0 Å². The van der Waals surface area contributed by atoms with E-state index in [1.165, 1.54) is 0 Å². The molecule has 0 spiro atoms. The number of anilines is 1.